The van der Waals surface area contributed by atoms with Crippen LogP contribution in [0.15, 0.2) is 95.9 Å². The number of rotatable bonds is 17. The number of nitrogens with zero attached hydrogens (tertiary/aromatic N) is 4. The third-order valence-corrected chi connectivity index (χ3v) is 10.8. The number of ether oxygens (including phenoxy) is 2. The van der Waals surface area contributed by atoms with Crippen LogP contribution in [0.3, 0.4) is 0 Å². The number of carbonyl (C=O) groups is 3. The second-order valence-electron chi connectivity index (χ2n) is 14.6. The number of benzene rings is 4. The fourth-order valence-corrected chi connectivity index (χ4v) is 7.63. The van der Waals surface area contributed by atoms with Gasteiger partial charge in [-0.1, -0.05) is 24.3 Å². The predicted octanol–water partition coefficient (Wildman–Crippen LogP) is 3.79. The standard InChI is InChI=1S/C44H43N9O9S/c1-26-22-29(23-27(2)38(26)62-43(57)36-32-8-3-5-10-34(32)53(18-7-21-63(58,59)60)35-11-6-4-9-33(35)36)41(55)47-17-20-61-19-16-46-40(54)28-12-14-30(15-13-28)48-24-31-25-49-39-37(50-31)42(56)52-44(45)51-39/h3-6,8-15,22-23,25H,7,16-21,24H2,1-2H3,(H6-,45,46,47,48,49,51,52,54,55,56,58,59,60)/p+1. The molecular formula is C44H44N9O9S+. The van der Waals surface area contributed by atoms with Gasteiger partial charge < -0.3 is 31.2 Å². The maximum absolute atomic E-state index is 14.0. The molecule has 0 radical (unpaired) electrons. The number of carbonyl (C=O) groups excluding carboxylic acids is 3. The zero-order valence-corrected chi connectivity index (χ0v) is 35.1. The summed E-state index contributed by atoms with van der Waals surface area (Å²) in [5, 5.41) is 10.0. The number of nitrogens with two attached hydrogens (primary N) is 1. The minimum absolute atomic E-state index is 0.0375. The molecule has 7 N–H and O–H groups in total. The van der Waals surface area contributed by atoms with Crippen molar-refractivity contribution >= 4 is 72.5 Å². The van der Waals surface area contributed by atoms with Gasteiger partial charge in [-0.2, -0.15) is 18.0 Å². The van der Waals surface area contributed by atoms with Gasteiger partial charge in [-0.15, -0.1) is 0 Å². The molecule has 3 aromatic heterocycles. The molecule has 0 bridgehead atoms. The molecule has 3 heterocycles. The molecule has 0 aliphatic rings. The Morgan fingerprint density at radius 3 is 2.06 bits per heavy atom. The number of hydrogen-bond donors (Lipinski definition) is 6. The zero-order chi connectivity index (χ0) is 44.7. The molecule has 0 fully saturated rings. The zero-order valence-electron chi connectivity index (χ0n) is 34.3. The van der Waals surface area contributed by atoms with Crippen LogP contribution in [0.25, 0.3) is 33.0 Å². The topological polar surface area (TPSA) is 262 Å². The number of aromatic amines is 1. The van der Waals surface area contributed by atoms with Crippen LogP contribution in [0.4, 0.5) is 11.6 Å². The molecule has 4 aromatic carbocycles. The molecule has 18 nitrogen and oxygen atoms in total. The maximum atomic E-state index is 14.0. The molecule has 2 amide bonds. The number of anilines is 2. The predicted molar refractivity (Wildman–Crippen MR) is 235 cm³/mol. The van der Waals surface area contributed by atoms with E-state index in [1.807, 2.05) is 28.8 Å². The number of hydrogen-bond acceptors (Lipinski definition) is 13. The van der Waals surface area contributed by atoms with E-state index in [0.717, 1.165) is 5.69 Å². The minimum Gasteiger partial charge on any atom is -0.422 e. The van der Waals surface area contributed by atoms with Crippen molar-refractivity contribution in [1.29, 1.82) is 0 Å². The Kier molecular flexibility index (Phi) is 13.3. The summed E-state index contributed by atoms with van der Waals surface area (Å²) < 4.78 is 45.7. The van der Waals surface area contributed by atoms with Crippen LogP contribution in [0, 0.1) is 13.8 Å². The fraction of sp³-hybridized carbons (Fsp3) is 0.227. The smallest absolute Gasteiger partial charge is 0.345 e. The van der Waals surface area contributed by atoms with Crippen molar-refractivity contribution in [1.82, 2.24) is 30.6 Å². The van der Waals surface area contributed by atoms with E-state index in [2.05, 4.69) is 35.9 Å². The number of aromatic nitrogens is 5. The second kappa shape index (κ2) is 19.1. The van der Waals surface area contributed by atoms with Crippen LogP contribution >= 0.6 is 0 Å². The summed E-state index contributed by atoms with van der Waals surface area (Å²) in [6, 6.07) is 24.7. The lowest BCUT2D eigenvalue weighted by Crippen LogP contribution is -2.37. The van der Waals surface area contributed by atoms with Crippen molar-refractivity contribution < 1.29 is 41.4 Å². The van der Waals surface area contributed by atoms with Crippen LogP contribution in [-0.2, 0) is 27.9 Å². The SMILES string of the molecule is Cc1cc(C(=O)NCCOCCNC(=O)c2ccc(NCc3cnc4nc(N)[nH]c(=O)c4n3)cc2)cc(C)c1OC(=O)c1c2ccccc2[n+](CCCS(=O)(=O)O)c2ccccc12. The van der Waals surface area contributed by atoms with E-state index in [-0.39, 0.29) is 74.7 Å². The van der Waals surface area contributed by atoms with Crippen molar-refractivity contribution in [2.45, 2.75) is 33.4 Å². The summed E-state index contributed by atoms with van der Waals surface area (Å²) in [6.45, 7) is 4.96. The second-order valence-corrected chi connectivity index (χ2v) is 16.1. The van der Waals surface area contributed by atoms with Crippen molar-refractivity contribution in [2.24, 2.45) is 0 Å². The minimum atomic E-state index is -4.14. The van der Waals surface area contributed by atoms with E-state index in [1.54, 1.807) is 74.5 Å². The van der Waals surface area contributed by atoms with Crippen molar-refractivity contribution in [3.05, 3.63) is 135 Å². The van der Waals surface area contributed by atoms with Crippen molar-refractivity contribution in [3.63, 3.8) is 0 Å². The highest BCUT2D eigenvalue weighted by Gasteiger charge is 2.26. The van der Waals surface area contributed by atoms with Gasteiger partial charge >= 0.3 is 5.97 Å². The summed E-state index contributed by atoms with van der Waals surface area (Å²) in [4.78, 5) is 66.7. The van der Waals surface area contributed by atoms with Gasteiger partial charge in [0.1, 0.15) is 5.75 Å². The quantitative estimate of drug-likeness (QED) is 0.0190. The first-order valence-electron chi connectivity index (χ1n) is 19.9. The monoisotopic (exact) mass is 874 g/mol. The Balaban J connectivity index is 0.873. The third kappa shape index (κ3) is 10.6. The molecule has 0 saturated carbocycles. The van der Waals surface area contributed by atoms with Gasteiger partial charge in [0.05, 0.1) is 53.7 Å². The molecule has 19 heteroatoms. The number of H-pyrrole nitrogens is 1. The van der Waals surface area contributed by atoms with Crippen LogP contribution in [0.1, 0.15) is 54.3 Å². The Morgan fingerprint density at radius 2 is 1.44 bits per heavy atom. The van der Waals surface area contributed by atoms with Gasteiger partial charge in [-0.25, -0.2) is 14.8 Å². The highest BCUT2D eigenvalue weighted by Crippen LogP contribution is 2.30. The van der Waals surface area contributed by atoms with Gasteiger partial charge in [-0.05, 0) is 73.5 Å². The van der Waals surface area contributed by atoms with E-state index in [0.29, 0.717) is 61.1 Å². The molecule has 7 rings (SSSR count). The molecule has 7 aromatic rings. The van der Waals surface area contributed by atoms with Crippen molar-refractivity contribution in [3.8, 4) is 5.75 Å². The highest BCUT2D eigenvalue weighted by atomic mass is 32.2. The first kappa shape index (κ1) is 43.7. The van der Waals surface area contributed by atoms with Crippen molar-refractivity contribution in [2.75, 3.05) is 43.1 Å². The van der Waals surface area contributed by atoms with Gasteiger partial charge in [0.25, 0.3) is 27.5 Å². The summed E-state index contributed by atoms with van der Waals surface area (Å²) in [5.74, 6) is -1.33. The molecule has 0 atom stereocenters. The van der Waals surface area contributed by atoms with Crippen LogP contribution < -0.4 is 36.5 Å². The number of fused-ring (bicyclic) bond motifs is 3. The maximum Gasteiger partial charge on any atom is 0.345 e. The number of aryl methyl sites for hydroxylation is 3. The van der Waals surface area contributed by atoms with E-state index < -0.39 is 27.4 Å². The Morgan fingerprint density at radius 1 is 0.841 bits per heavy atom. The summed E-state index contributed by atoms with van der Waals surface area (Å²) in [7, 11) is -4.14. The lowest BCUT2D eigenvalue weighted by atomic mass is 10.0. The Hall–Kier alpha value is -7.35. The van der Waals surface area contributed by atoms with Crippen LogP contribution in [-0.4, -0.2) is 82.7 Å². The molecule has 0 aliphatic heterocycles. The molecule has 0 aliphatic carbocycles. The molecule has 324 valence electrons. The first-order chi connectivity index (χ1) is 30.3. The fourth-order valence-electron chi connectivity index (χ4n) is 7.14. The number of nitrogens with one attached hydrogen (secondary N) is 4. The Bertz CT molecular complexity index is 2970. The molecular weight excluding hydrogens is 831 g/mol. The van der Waals surface area contributed by atoms with E-state index in [4.69, 9.17) is 15.2 Å². The Labute approximate surface area is 360 Å². The molecule has 63 heavy (non-hydrogen) atoms. The lowest BCUT2D eigenvalue weighted by molar-refractivity contribution is -0.645. The number of pyridine rings is 1. The number of amides is 2. The van der Waals surface area contributed by atoms with E-state index in [9.17, 15) is 32.1 Å². The average molecular weight is 875 g/mol. The van der Waals surface area contributed by atoms with Crippen LogP contribution in [0.5, 0.6) is 5.75 Å². The third-order valence-electron chi connectivity index (χ3n) is 10.0. The first-order valence-corrected chi connectivity index (χ1v) is 21.5. The summed E-state index contributed by atoms with van der Waals surface area (Å²) in [6.07, 6.45) is 1.67. The summed E-state index contributed by atoms with van der Waals surface area (Å²) in [5.41, 5.74) is 10.3. The summed E-state index contributed by atoms with van der Waals surface area (Å²) >= 11 is 0. The lowest BCUT2D eigenvalue weighted by Gasteiger charge is -2.15. The van der Waals surface area contributed by atoms with E-state index in [1.165, 1.54) is 6.20 Å². The largest absolute Gasteiger partial charge is 0.422 e. The van der Waals surface area contributed by atoms with E-state index >= 15 is 0 Å². The number of esters is 1. The number of para-hydroxylation sites is 2. The highest BCUT2D eigenvalue weighted by molar-refractivity contribution is 7.85. The van der Waals surface area contributed by atoms with Gasteiger partial charge in [0, 0.05) is 48.5 Å². The normalized spacial score (nSPS) is 11.5. The number of nitrogen functional groups attached to an aromatic ring is 1. The van der Waals surface area contributed by atoms with Crippen LogP contribution in [0.2, 0.25) is 0 Å². The molecule has 0 unspecified atom stereocenters. The van der Waals surface area contributed by atoms with Gasteiger partial charge in [0.15, 0.2) is 17.7 Å². The molecule has 0 spiro atoms. The molecule has 0 saturated heterocycles. The average Bonchev–Trinajstić information content (AvgIpc) is 3.25. The van der Waals surface area contributed by atoms with Gasteiger partial charge in [0.2, 0.25) is 17.0 Å². The van der Waals surface area contributed by atoms with Gasteiger partial charge in [-0.3, -0.25) is 23.9 Å².